The van der Waals surface area contributed by atoms with E-state index in [0.29, 0.717) is 6.92 Å². The number of carbonyl (C=O) groups excluding carboxylic acids is 1. The van der Waals surface area contributed by atoms with Gasteiger partial charge in [-0.3, -0.25) is 19.5 Å². The average molecular weight is 341 g/mol. The van der Waals surface area contributed by atoms with E-state index >= 15 is 0 Å². The van der Waals surface area contributed by atoms with Crippen LogP contribution in [0.1, 0.15) is 23.1 Å². The summed E-state index contributed by atoms with van der Waals surface area (Å²) in [6.45, 7) is 0.669. The van der Waals surface area contributed by atoms with Crippen molar-refractivity contribution < 1.29 is 36.1 Å². The Kier molecular flexibility index (Phi) is 3.58. The first-order chi connectivity index (χ1) is 10.3. The van der Waals surface area contributed by atoms with E-state index in [2.05, 4.69) is 4.98 Å². The maximum absolute atomic E-state index is 12.9. The summed E-state index contributed by atoms with van der Waals surface area (Å²) in [5.74, 6) is -3.11. The molecule has 1 aromatic carbocycles. The SMILES string of the molecule is CC(=O)n1c(C(F)(F)F)nc2c([N+](=O)[O-])cc(C(F)(F)F)cc21. The third-order valence-corrected chi connectivity index (χ3v) is 2.83. The molecule has 0 aliphatic carbocycles. The molecule has 2 rings (SSSR count). The van der Waals surface area contributed by atoms with E-state index in [1.807, 2.05) is 0 Å². The number of benzene rings is 1. The molecule has 23 heavy (non-hydrogen) atoms. The van der Waals surface area contributed by atoms with E-state index in [1.54, 1.807) is 0 Å². The van der Waals surface area contributed by atoms with E-state index in [4.69, 9.17) is 0 Å². The van der Waals surface area contributed by atoms with Gasteiger partial charge in [0.15, 0.2) is 5.52 Å². The molecule has 0 unspecified atom stereocenters. The number of alkyl halides is 6. The number of non-ortho nitro benzene ring substituents is 1. The Morgan fingerprint density at radius 3 is 2.13 bits per heavy atom. The fourth-order valence-corrected chi connectivity index (χ4v) is 1.97. The van der Waals surface area contributed by atoms with Gasteiger partial charge in [-0.2, -0.15) is 26.3 Å². The third-order valence-electron chi connectivity index (χ3n) is 2.83. The predicted octanol–water partition coefficient (Wildman–Crippen LogP) is 3.64. The Morgan fingerprint density at radius 1 is 1.17 bits per heavy atom. The van der Waals surface area contributed by atoms with Crippen LogP contribution in [-0.2, 0) is 12.4 Å². The van der Waals surface area contributed by atoms with Gasteiger partial charge in [0.1, 0.15) is 0 Å². The lowest BCUT2D eigenvalue weighted by atomic mass is 10.1. The second-order valence-electron chi connectivity index (χ2n) is 4.41. The lowest BCUT2D eigenvalue weighted by Gasteiger charge is -2.09. The summed E-state index contributed by atoms with van der Waals surface area (Å²) in [4.78, 5) is 23.9. The van der Waals surface area contributed by atoms with Gasteiger partial charge in [-0.05, 0) is 6.07 Å². The van der Waals surface area contributed by atoms with Crippen molar-refractivity contribution in [1.82, 2.24) is 9.55 Å². The van der Waals surface area contributed by atoms with Gasteiger partial charge in [0.25, 0.3) is 5.69 Å². The van der Waals surface area contributed by atoms with Crippen molar-refractivity contribution in [2.75, 3.05) is 0 Å². The van der Waals surface area contributed by atoms with Crippen LogP contribution in [0.5, 0.6) is 0 Å². The first kappa shape index (κ1) is 16.7. The summed E-state index contributed by atoms with van der Waals surface area (Å²) in [7, 11) is 0. The zero-order chi connectivity index (χ0) is 17.7. The van der Waals surface area contributed by atoms with Crippen molar-refractivity contribution in [3.05, 3.63) is 33.6 Å². The van der Waals surface area contributed by atoms with Gasteiger partial charge in [-0.1, -0.05) is 0 Å². The summed E-state index contributed by atoms with van der Waals surface area (Å²) >= 11 is 0. The van der Waals surface area contributed by atoms with Crippen LogP contribution >= 0.6 is 0 Å². The van der Waals surface area contributed by atoms with Crippen molar-refractivity contribution in [1.29, 1.82) is 0 Å². The van der Waals surface area contributed by atoms with Gasteiger partial charge >= 0.3 is 12.4 Å². The number of nitro benzene ring substituents is 1. The monoisotopic (exact) mass is 341 g/mol. The van der Waals surface area contributed by atoms with Crippen LogP contribution in [0.15, 0.2) is 12.1 Å². The molecule has 0 N–H and O–H groups in total. The molecule has 0 bridgehead atoms. The van der Waals surface area contributed by atoms with E-state index < -0.39 is 51.3 Å². The number of hydrogen-bond donors (Lipinski definition) is 0. The molecule has 0 amide bonds. The standard InChI is InChI=1S/C11H5F6N3O3/c1-4(21)19-6-2-5(10(12,13)14)3-7(20(22)23)8(6)18-9(19)11(15,16)17/h2-3H,1H3. The van der Waals surface area contributed by atoms with Gasteiger partial charge in [0.2, 0.25) is 11.7 Å². The van der Waals surface area contributed by atoms with E-state index in [1.165, 1.54) is 0 Å². The number of nitro groups is 1. The zero-order valence-corrected chi connectivity index (χ0v) is 11.0. The molecule has 0 atom stereocenters. The van der Waals surface area contributed by atoms with Crippen LogP contribution in [0, 0.1) is 10.1 Å². The fraction of sp³-hybridized carbons (Fsp3) is 0.273. The van der Waals surface area contributed by atoms with Crippen LogP contribution in [0.4, 0.5) is 32.0 Å². The number of fused-ring (bicyclic) bond motifs is 1. The summed E-state index contributed by atoms with van der Waals surface area (Å²) in [5, 5.41) is 10.9. The zero-order valence-electron chi connectivity index (χ0n) is 11.0. The van der Waals surface area contributed by atoms with Gasteiger partial charge in [-0.15, -0.1) is 0 Å². The van der Waals surface area contributed by atoms with Gasteiger partial charge in [-0.25, -0.2) is 4.98 Å². The maximum Gasteiger partial charge on any atom is 0.450 e. The largest absolute Gasteiger partial charge is 0.450 e. The molecule has 6 nitrogen and oxygen atoms in total. The minimum Gasteiger partial charge on any atom is -0.274 e. The highest BCUT2D eigenvalue weighted by atomic mass is 19.4. The number of rotatable bonds is 1. The second kappa shape index (κ2) is 4.93. The number of carbonyl (C=O) groups is 1. The molecule has 2 aromatic rings. The maximum atomic E-state index is 12.9. The minimum atomic E-state index is -5.18. The van der Waals surface area contributed by atoms with E-state index in [9.17, 15) is 41.3 Å². The van der Waals surface area contributed by atoms with Gasteiger partial charge in [0, 0.05) is 13.0 Å². The molecule has 0 aliphatic heterocycles. The molecule has 0 saturated carbocycles. The van der Waals surface area contributed by atoms with Crippen LogP contribution in [0.25, 0.3) is 11.0 Å². The highest BCUT2D eigenvalue weighted by molar-refractivity contribution is 5.94. The molecule has 1 aromatic heterocycles. The molecule has 124 valence electrons. The van der Waals surface area contributed by atoms with Gasteiger partial charge < -0.3 is 0 Å². The van der Waals surface area contributed by atoms with E-state index in [0.717, 1.165) is 0 Å². The first-order valence-electron chi connectivity index (χ1n) is 5.70. The molecule has 0 saturated heterocycles. The number of imidazole rings is 1. The number of aromatic nitrogens is 2. The Labute approximate surface area is 122 Å². The number of halogens is 6. The van der Waals surface area contributed by atoms with Crippen LogP contribution in [-0.4, -0.2) is 20.4 Å². The molecule has 0 aliphatic rings. The van der Waals surface area contributed by atoms with Crippen molar-refractivity contribution in [2.45, 2.75) is 19.3 Å². The van der Waals surface area contributed by atoms with Crippen LogP contribution < -0.4 is 0 Å². The average Bonchev–Trinajstić information content (AvgIpc) is 2.75. The topological polar surface area (TPSA) is 78.0 Å². The van der Waals surface area contributed by atoms with Crippen LogP contribution in [0.3, 0.4) is 0 Å². The Morgan fingerprint density at radius 2 is 1.74 bits per heavy atom. The van der Waals surface area contributed by atoms with Crippen molar-refractivity contribution >= 4 is 22.6 Å². The molecule has 0 radical (unpaired) electrons. The molecule has 0 spiro atoms. The van der Waals surface area contributed by atoms with Crippen LogP contribution in [0.2, 0.25) is 0 Å². The smallest absolute Gasteiger partial charge is 0.274 e. The second-order valence-corrected chi connectivity index (χ2v) is 4.41. The molecular formula is C11H5F6N3O3. The van der Waals surface area contributed by atoms with Crippen molar-refractivity contribution in [2.24, 2.45) is 0 Å². The first-order valence-corrected chi connectivity index (χ1v) is 5.70. The van der Waals surface area contributed by atoms with Gasteiger partial charge in [0.05, 0.1) is 16.0 Å². The van der Waals surface area contributed by atoms with E-state index in [-0.39, 0.29) is 16.7 Å². The Hall–Kier alpha value is -2.66. The Balaban J connectivity index is 3.02. The normalized spacial score (nSPS) is 12.7. The predicted molar refractivity (Wildman–Crippen MR) is 62.7 cm³/mol. The third kappa shape index (κ3) is 2.83. The van der Waals surface area contributed by atoms with Crippen molar-refractivity contribution in [3.8, 4) is 0 Å². The summed E-state index contributed by atoms with van der Waals surface area (Å²) < 4.78 is 76.9. The molecule has 12 heteroatoms. The summed E-state index contributed by atoms with van der Waals surface area (Å²) in [5.41, 5.74) is -4.73. The molecular weight excluding hydrogens is 336 g/mol. The lowest BCUT2D eigenvalue weighted by Crippen LogP contribution is -2.18. The minimum absolute atomic E-state index is 0.0694. The summed E-state index contributed by atoms with van der Waals surface area (Å²) in [6.07, 6.45) is -10.2. The quantitative estimate of drug-likeness (QED) is 0.451. The fourth-order valence-electron chi connectivity index (χ4n) is 1.97. The highest BCUT2D eigenvalue weighted by Gasteiger charge is 2.41. The lowest BCUT2D eigenvalue weighted by molar-refractivity contribution is -0.383. The molecule has 0 fully saturated rings. The number of nitrogens with zero attached hydrogens (tertiary/aromatic N) is 3. The van der Waals surface area contributed by atoms with Crippen molar-refractivity contribution in [3.63, 3.8) is 0 Å². The molecule has 1 heterocycles. The number of hydrogen-bond acceptors (Lipinski definition) is 4. The summed E-state index contributed by atoms with van der Waals surface area (Å²) in [6, 6.07) is 0.284. The Bertz CT molecular complexity index is 821. The highest BCUT2D eigenvalue weighted by Crippen LogP contribution is 2.39.